The molecule has 0 aliphatic carbocycles. The molecule has 0 spiro atoms. The highest BCUT2D eigenvalue weighted by molar-refractivity contribution is 9.10. The fraction of sp³-hybridized carbons (Fsp3) is 0. The van der Waals surface area contributed by atoms with Gasteiger partial charge in [0.1, 0.15) is 0 Å². The van der Waals surface area contributed by atoms with Crippen molar-refractivity contribution in [1.29, 1.82) is 0 Å². The van der Waals surface area contributed by atoms with Crippen LogP contribution in [0.1, 0.15) is 15.9 Å². The van der Waals surface area contributed by atoms with Gasteiger partial charge in [0.2, 0.25) is 0 Å². The van der Waals surface area contributed by atoms with Crippen LogP contribution in [0.4, 0.5) is 0 Å². The van der Waals surface area contributed by atoms with Gasteiger partial charge in [0.15, 0.2) is 5.78 Å². The van der Waals surface area contributed by atoms with Gasteiger partial charge in [-0.2, -0.15) is 0 Å². The van der Waals surface area contributed by atoms with Crippen molar-refractivity contribution in [3.05, 3.63) is 68.1 Å². The lowest BCUT2D eigenvalue weighted by atomic mass is 10.0. The molecule has 0 fully saturated rings. The van der Waals surface area contributed by atoms with Crippen molar-refractivity contribution in [2.75, 3.05) is 0 Å². The standard InChI is InChI=1S/C13H7BrCl2O/c14-9-3-1-2-8(6-9)13(17)11-5-4-10(15)7-12(11)16/h1-7H. The van der Waals surface area contributed by atoms with Crippen LogP contribution >= 0.6 is 39.1 Å². The van der Waals surface area contributed by atoms with Crippen LogP contribution in [-0.4, -0.2) is 5.78 Å². The van der Waals surface area contributed by atoms with Gasteiger partial charge in [0.05, 0.1) is 5.02 Å². The smallest absolute Gasteiger partial charge is 0.194 e. The second-order valence-electron chi connectivity index (χ2n) is 3.46. The van der Waals surface area contributed by atoms with E-state index >= 15 is 0 Å². The summed E-state index contributed by atoms with van der Waals surface area (Å²) < 4.78 is 0.855. The van der Waals surface area contributed by atoms with Crippen LogP contribution in [0.2, 0.25) is 10.0 Å². The second kappa shape index (κ2) is 5.21. The molecular weight excluding hydrogens is 323 g/mol. The Balaban J connectivity index is 2.44. The Bertz CT molecular complexity index is 581. The molecule has 2 aromatic rings. The van der Waals surface area contributed by atoms with E-state index in [0.29, 0.717) is 21.2 Å². The van der Waals surface area contributed by atoms with Crippen LogP contribution in [0.25, 0.3) is 0 Å². The predicted octanol–water partition coefficient (Wildman–Crippen LogP) is 4.99. The summed E-state index contributed by atoms with van der Waals surface area (Å²) in [5.41, 5.74) is 1.04. The number of hydrogen-bond donors (Lipinski definition) is 0. The lowest BCUT2D eigenvalue weighted by Gasteiger charge is -2.04. The Labute approximate surface area is 117 Å². The lowest BCUT2D eigenvalue weighted by molar-refractivity contribution is 0.103. The van der Waals surface area contributed by atoms with Crippen molar-refractivity contribution in [3.8, 4) is 0 Å². The Hall–Kier alpha value is -0.830. The molecule has 2 aromatic carbocycles. The van der Waals surface area contributed by atoms with Crippen molar-refractivity contribution in [2.24, 2.45) is 0 Å². The van der Waals surface area contributed by atoms with Crippen LogP contribution in [0, 0.1) is 0 Å². The van der Waals surface area contributed by atoms with Gasteiger partial charge in [0, 0.05) is 20.6 Å². The molecule has 0 radical (unpaired) electrons. The predicted molar refractivity (Wildman–Crippen MR) is 74.0 cm³/mol. The van der Waals surface area contributed by atoms with Crippen molar-refractivity contribution < 1.29 is 4.79 Å². The van der Waals surface area contributed by atoms with Crippen molar-refractivity contribution in [3.63, 3.8) is 0 Å². The van der Waals surface area contributed by atoms with E-state index < -0.39 is 0 Å². The molecule has 0 atom stereocenters. The average molecular weight is 330 g/mol. The molecule has 4 heteroatoms. The molecule has 0 N–H and O–H groups in total. The third kappa shape index (κ3) is 2.89. The number of rotatable bonds is 2. The van der Waals surface area contributed by atoms with Crippen LogP contribution < -0.4 is 0 Å². The molecule has 0 saturated heterocycles. The zero-order chi connectivity index (χ0) is 12.4. The van der Waals surface area contributed by atoms with Crippen LogP contribution in [-0.2, 0) is 0 Å². The van der Waals surface area contributed by atoms with Gasteiger partial charge in [-0.15, -0.1) is 0 Å². The first-order chi connectivity index (χ1) is 8.08. The summed E-state index contributed by atoms with van der Waals surface area (Å²) in [5, 5.41) is 0.878. The summed E-state index contributed by atoms with van der Waals surface area (Å²) >= 11 is 15.1. The van der Waals surface area contributed by atoms with Gasteiger partial charge in [-0.25, -0.2) is 0 Å². The number of carbonyl (C=O) groups excluding carboxylic acids is 1. The maximum absolute atomic E-state index is 12.2. The molecule has 86 valence electrons. The van der Waals surface area contributed by atoms with E-state index in [0.717, 1.165) is 4.47 Å². The molecule has 17 heavy (non-hydrogen) atoms. The summed E-state index contributed by atoms with van der Waals surface area (Å²) in [7, 11) is 0. The molecule has 0 amide bonds. The van der Waals surface area contributed by atoms with Crippen molar-refractivity contribution >= 4 is 44.9 Å². The fourth-order valence-corrected chi connectivity index (χ4v) is 2.35. The second-order valence-corrected chi connectivity index (χ2v) is 5.22. The first-order valence-corrected chi connectivity index (χ1v) is 6.38. The van der Waals surface area contributed by atoms with Crippen LogP contribution in [0.15, 0.2) is 46.9 Å². The van der Waals surface area contributed by atoms with E-state index in [1.165, 1.54) is 0 Å². The van der Waals surface area contributed by atoms with E-state index in [-0.39, 0.29) is 5.78 Å². The number of hydrogen-bond acceptors (Lipinski definition) is 1. The van der Waals surface area contributed by atoms with E-state index in [9.17, 15) is 4.79 Å². The van der Waals surface area contributed by atoms with Gasteiger partial charge in [0.25, 0.3) is 0 Å². The lowest BCUT2D eigenvalue weighted by Crippen LogP contribution is -2.01. The highest BCUT2D eigenvalue weighted by Gasteiger charge is 2.13. The molecule has 0 saturated carbocycles. The summed E-state index contributed by atoms with van der Waals surface area (Å²) in [5.74, 6) is -0.118. The van der Waals surface area contributed by atoms with E-state index in [1.54, 1.807) is 36.4 Å². The minimum absolute atomic E-state index is 0.118. The van der Waals surface area contributed by atoms with E-state index in [1.807, 2.05) is 6.07 Å². The fourth-order valence-electron chi connectivity index (χ4n) is 1.46. The molecule has 0 aromatic heterocycles. The maximum atomic E-state index is 12.2. The molecule has 0 unspecified atom stereocenters. The topological polar surface area (TPSA) is 17.1 Å². The number of benzene rings is 2. The number of ketones is 1. The maximum Gasteiger partial charge on any atom is 0.194 e. The Morgan fingerprint density at radius 3 is 2.47 bits per heavy atom. The third-order valence-corrected chi connectivity index (χ3v) is 3.30. The zero-order valence-corrected chi connectivity index (χ0v) is 11.7. The van der Waals surface area contributed by atoms with Gasteiger partial charge in [-0.3, -0.25) is 4.79 Å². The van der Waals surface area contributed by atoms with Crippen molar-refractivity contribution in [1.82, 2.24) is 0 Å². The molecule has 0 heterocycles. The van der Waals surface area contributed by atoms with E-state index in [4.69, 9.17) is 23.2 Å². The number of carbonyl (C=O) groups is 1. The molecule has 0 aliphatic rings. The Morgan fingerprint density at radius 1 is 1.06 bits per heavy atom. The SMILES string of the molecule is O=C(c1cccc(Br)c1)c1ccc(Cl)cc1Cl. The van der Waals surface area contributed by atoms with Gasteiger partial charge >= 0.3 is 0 Å². The highest BCUT2D eigenvalue weighted by Crippen LogP contribution is 2.24. The molecule has 0 aliphatic heterocycles. The zero-order valence-electron chi connectivity index (χ0n) is 8.58. The molecule has 0 bridgehead atoms. The van der Waals surface area contributed by atoms with E-state index in [2.05, 4.69) is 15.9 Å². The normalized spacial score (nSPS) is 10.3. The summed E-state index contributed by atoms with van der Waals surface area (Å²) in [6.45, 7) is 0. The molecule has 2 rings (SSSR count). The number of halogens is 3. The van der Waals surface area contributed by atoms with Crippen molar-refractivity contribution in [2.45, 2.75) is 0 Å². The molecular formula is C13H7BrCl2O. The minimum atomic E-state index is -0.118. The third-order valence-electron chi connectivity index (χ3n) is 2.26. The first kappa shape index (κ1) is 12.6. The molecule has 1 nitrogen and oxygen atoms in total. The minimum Gasteiger partial charge on any atom is -0.289 e. The Morgan fingerprint density at radius 2 is 1.82 bits per heavy atom. The quantitative estimate of drug-likeness (QED) is 0.709. The summed E-state index contributed by atoms with van der Waals surface area (Å²) in [6, 6.07) is 12.0. The largest absolute Gasteiger partial charge is 0.289 e. The van der Waals surface area contributed by atoms with Crippen LogP contribution in [0.3, 0.4) is 0 Å². The Kier molecular flexibility index (Phi) is 3.87. The first-order valence-electron chi connectivity index (χ1n) is 4.83. The average Bonchev–Trinajstić information content (AvgIpc) is 2.28. The highest BCUT2D eigenvalue weighted by atomic mass is 79.9. The summed E-state index contributed by atoms with van der Waals surface area (Å²) in [6.07, 6.45) is 0. The summed E-state index contributed by atoms with van der Waals surface area (Å²) in [4.78, 5) is 12.2. The monoisotopic (exact) mass is 328 g/mol. The van der Waals surface area contributed by atoms with Crippen LogP contribution in [0.5, 0.6) is 0 Å². The van der Waals surface area contributed by atoms with Gasteiger partial charge in [-0.1, -0.05) is 51.3 Å². The van der Waals surface area contributed by atoms with Gasteiger partial charge in [-0.05, 0) is 30.3 Å². The van der Waals surface area contributed by atoms with Gasteiger partial charge < -0.3 is 0 Å².